The van der Waals surface area contributed by atoms with Gasteiger partial charge in [-0.3, -0.25) is 14.7 Å². The number of benzene rings is 1. The Bertz CT molecular complexity index is 603. The van der Waals surface area contributed by atoms with Crippen LogP contribution in [-0.4, -0.2) is 34.0 Å². The molecular formula is C12H13N5O2. The molecule has 2 rings (SSSR count). The van der Waals surface area contributed by atoms with Crippen LogP contribution in [-0.2, 0) is 0 Å². The number of aromatic amines is 1. The first-order chi connectivity index (χ1) is 9.10. The molecule has 2 amide bonds. The lowest BCUT2D eigenvalue weighted by atomic mass is 10.2. The molecule has 0 bridgehead atoms. The molecule has 0 saturated heterocycles. The SMILES string of the molecule is CNC(=O)c1ccc(NC(=O)c2n[nH]c(C)n2)cc1. The molecule has 1 aromatic heterocycles. The molecule has 0 radical (unpaired) electrons. The first-order valence-corrected chi connectivity index (χ1v) is 5.62. The predicted octanol–water partition coefficient (Wildman–Crippen LogP) is 0.725. The van der Waals surface area contributed by atoms with E-state index >= 15 is 0 Å². The Labute approximate surface area is 109 Å². The number of hydrogen-bond acceptors (Lipinski definition) is 4. The number of aryl methyl sites for hydroxylation is 1. The maximum absolute atomic E-state index is 11.8. The second-order valence-electron chi connectivity index (χ2n) is 3.86. The van der Waals surface area contributed by atoms with Crippen LogP contribution in [0.3, 0.4) is 0 Å². The second kappa shape index (κ2) is 5.30. The average molecular weight is 259 g/mol. The number of carbonyl (C=O) groups is 2. The van der Waals surface area contributed by atoms with Crippen molar-refractivity contribution >= 4 is 17.5 Å². The molecule has 2 aromatic rings. The lowest BCUT2D eigenvalue weighted by Crippen LogP contribution is -2.18. The van der Waals surface area contributed by atoms with E-state index in [0.717, 1.165) is 0 Å². The number of nitrogens with one attached hydrogen (secondary N) is 3. The fourth-order valence-electron chi connectivity index (χ4n) is 1.48. The maximum atomic E-state index is 11.8. The van der Waals surface area contributed by atoms with Gasteiger partial charge in [0, 0.05) is 18.3 Å². The number of hydrogen-bond donors (Lipinski definition) is 3. The molecule has 1 aromatic carbocycles. The van der Waals surface area contributed by atoms with E-state index < -0.39 is 5.91 Å². The van der Waals surface area contributed by atoms with Crippen LogP contribution in [0.25, 0.3) is 0 Å². The van der Waals surface area contributed by atoms with E-state index in [1.807, 2.05) is 0 Å². The van der Waals surface area contributed by atoms with Crippen molar-refractivity contribution in [2.75, 3.05) is 12.4 Å². The van der Waals surface area contributed by atoms with Gasteiger partial charge < -0.3 is 10.6 Å². The lowest BCUT2D eigenvalue weighted by Gasteiger charge is -2.04. The summed E-state index contributed by atoms with van der Waals surface area (Å²) in [5, 5.41) is 11.5. The topological polar surface area (TPSA) is 99.8 Å². The zero-order chi connectivity index (χ0) is 13.8. The summed E-state index contributed by atoms with van der Waals surface area (Å²) < 4.78 is 0. The third-order valence-electron chi connectivity index (χ3n) is 2.43. The van der Waals surface area contributed by atoms with Crippen LogP contribution in [0.4, 0.5) is 5.69 Å². The molecule has 7 heteroatoms. The number of nitrogens with zero attached hydrogens (tertiary/aromatic N) is 2. The molecule has 0 atom stereocenters. The van der Waals surface area contributed by atoms with Crippen LogP contribution in [0.2, 0.25) is 0 Å². The smallest absolute Gasteiger partial charge is 0.295 e. The Morgan fingerprint density at radius 3 is 2.37 bits per heavy atom. The van der Waals surface area contributed by atoms with Gasteiger partial charge in [0.15, 0.2) is 0 Å². The monoisotopic (exact) mass is 259 g/mol. The third-order valence-corrected chi connectivity index (χ3v) is 2.43. The molecule has 0 aliphatic rings. The minimum absolute atomic E-state index is 0.0767. The van der Waals surface area contributed by atoms with E-state index in [1.54, 1.807) is 38.2 Å². The summed E-state index contributed by atoms with van der Waals surface area (Å²) in [5.74, 6) is 0.0625. The lowest BCUT2D eigenvalue weighted by molar-refractivity contribution is 0.0962. The highest BCUT2D eigenvalue weighted by Crippen LogP contribution is 2.10. The zero-order valence-corrected chi connectivity index (χ0v) is 10.5. The van der Waals surface area contributed by atoms with Crippen LogP contribution in [0, 0.1) is 6.92 Å². The largest absolute Gasteiger partial charge is 0.355 e. The van der Waals surface area contributed by atoms with E-state index in [4.69, 9.17) is 0 Å². The minimum Gasteiger partial charge on any atom is -0.355 e. The molecular weight excluding hydrogens is 246 g/mol. The standard InChI is InChI=1S/C12H13N5O2/c1-7-14-10(17-16-7)12(19)15-9-5-3-8(4-6-9)11(18)13-2/h3-6H,1-2H3,(H,13,18)(H,15,19)(H,14,16,17). The first-order valence-electron chi connectivity index (χ1n) is 5.62. The van der Waals surface area contributed by atoms with Crippen LogP contribution < -0.4 is 10.6 Å². The summed E-state index contributed by atoms with van der Waals surface area (Å²) in [6.07, 6.45) is 0. The van der Waals surface area contributed by atoms with Gasteiger partial charge in [-0.25, -0.2) is 4.98 Å². The van der Waals surface area contributed by atoms with Crippen LogP contribution in [0.15, 0.2) is 24.3 Å². The molecule has 0 spiro atoms. The van der Waals surface area contributed by atoms with Crippen LogP contribution >= 0.6 is 0 Å². The Balaban J connectivity index is 2.07. The number of amides is 2. The minimum atomic E-state index is -0.406. The van der Waals surface area contributed by atoms with Crippen LogP contribution in [0.5, 0.6) is 0 Å². The van der Waals surface area contributed by atoms with Crippen molar-refractivity contribution in [2.45, 2.75) is 6.92 Å². The Hall–Kier alpha value is -2.70. The van der Waals surface area contributed by atoms with E-state index in [2.05, 4.69) is 25.8 Å². The van der Waals surface area contributed by atoms with Crippen molar-refractivity contribution in [1.29, 1.82) is 0 Å². The van der Waals surface area contributed by atoms with Crippen molar-refractivity contribution in [2.24, 2.45) is 0 Å². The molecule has 0 saturated carbocycles. The normalized spacial score (nSPS) is 10.0. The molecule has 19 heavy (non-hydrogen) atoms. The Morgan fingerprint density at radius 2 is 1.84 bits per heavy atom. The highest BCUT2D eigenvalue weighted by Gasteiger charge is 2.11. The molecule has 3 N–H and O–H groups in total. The van der Waals surface area contributed by atoms with Gasteiger partial charge in [-0.2, -0.15) is 0 Å². The molecule has 98 valence electrons. The molecule has 0 aliphatic carbocycles. The average Bonchev–Trinajstić information content (AvgIpc) is 2.85. The third kappa shape index (κ3) is 2.95. The molecule has 1 heterocycles. The van der Waals surface area contributed by atoms with E-state index in [-0.39, 0.29) is 11.7 Å². The first kappa shape index (κ1) is 12.7. The van der Waals surface area contributed by atoms with Gasteiger partial charge in [0.25, 0.3) is 11.8 Å². The van der Waals surface area contributed by atoms with Gasteiger partial charge in [-0.05, 0) is 31.2 Å². The molecule has 0 aliphatic heterocycles. The van der Waals surface area contributed by atoms with E-state index in [9.17, 15) is 9.59 Å². The van der Waals surface area contributed by atoms with Gasteiger partial charge in [0.1, 0.15) is 5.82 Å². The maximum Gasteiger partial charge on any atom is 0.295 e. The van der Waals surface area contributed by atoms with Gasteiger partial charge >= 0.3 is 0 Å². The number of H-pyrrole nitrogens is 1. The molecule has 7 nitrogen and oxygen atoms in total. The van der Waals surface area contributed by atoms with Crippen molar-refractivity contribution in [3.63, 3.8) is 0 Å². The highest BCUT2D eigenvalue weighted by atomic mass is 16.2. The van der Waals surface area contributed by atoms with E-state index in [1.165, 1.54) is 0 Å². The summed E-state index contributed by atoms with van der Waals surface area (Å²) in [7, 11) is 1.56. The number of aromatic nitrogens is 3. The fraction of sp³-hybridized carbons (Fsp3) is 0.167. The summed E-state index contributed by atoms with van der Waals surface area (Å²) in [6.45, 7) is 1.71. The second-order valence-corrected chi connectivity index (χ2v) is 3.86. The molecule has 0 unspecified atom stereocenters. The van der Waals surface area contributed by atoms with Gasteiger partial charge in [0.05, 0.1) is 0 Å². The zero-order valence-electron chi connectivity index (χ0n) is 10.5. The summed E-state index contributed by atoms with van der Waals surface area (Å²) in [6, 6.07) is 6.53. The quantitative estimate of drug-likeness (QED) is 0.756. The Kier molecular flexibility index (Phi) is 3.56. The fourth-order valence-corrected chi connectivity index (χ4v) is 1.48. The summed E-state index contributed by atoms with van der Waals surface area (Å²) in [4.78, 5) is 27.0. The number of anilines is 1. The van der Waals surface area contributed by atoms with Gasteiger partial charge in [0.2, 0.25) is 5.82 Å². The highest BCUT2D eigenvalue weighted by molar-refractivity contribution is 6.02. The van der Waals surface area contributed by atoms with Crippen LogP contribution in [0.1, 0.15) is 26.8 Å². The van der Waals surface area contributed by atoms with Crippen molar-refractivity contribution in [3.05, 3.63) is 41.5 Å². The van der Waals surface area contributed by atoms with E-state index in [0.29, 0.717) is 17.1 Å². The van der Waals surface area contributed by atoms with Gasteiger partial charge in [-0.15, -0.1) is 5.10 Å². The van der Waals surface area contributed by atoms with Crippen molar-refractivity contribution in [1.82, 2.24) is 20.5 Å². The summed E-state index contributed by atoms with van der Waals surface area (Å²) >= 11 is 0. The van der Waals surface area contributed by atoms with Gasteiger partial charge in [-0.1, -0.05) is 0 Å². The number of carbonyl (C=O) groups excluding carboxylic acids is 2. The van der Waals surface area contributed by atoms with Crippen molar-refractivity contribution in [3.8, 4) is 0 Å². The van der Waals surface area contributed by atoms with Crippen molar-refractivity contribution < 1.29 is 9.59 Å². The predicted molar refractivity (Wildman–Crippen MR) is 68.9 cm³/mol. The number of rotatable bonds is 3. The molecule has 0 fully saturated rings. The summed E-state index contributed by atoms with van der Waals surface area (Å²) in [5.41, 5.74) is 1.09. The Morgan fingerprint density at radius 1 is 1.16 bits per heavy atom.